The van der Waals surface area contributed by atoms with E-state index in [9.17, 15) is 26.3 Å². The predicted octanol–water partition coefficient (Wildman–Crippen LogP) is 7.41. The second-order valence-corrected chi connectivity index (χ2v) is 8.83. The summed E-state index contributed by atoms with van der Waals surface area (Å²) in [4.78, 5) is 11.6. The van der Waals surface area contributed by atoms with Crippen molar-refractivity contribution in [1.29, 1.82) is 0 Å². The van der Waals surface area contributed by atoms with E-state index in [-0.39, 0.29) is 23.3 Å². The van der Waals surface area contributed by atoms with E-state index in [4.69, 9.17) is 0 Å². The van der Waals surface area contributed by atoms with E-state index in [1.807, 2.05) is 25.1 Å². The van der Waals surface area contributed by atoms with Crippen LogP contribution in [0.15, 0.2) is 60.9 Å². The lowest BCUT2D eigenvalue weighted by Crippen LogP contribution is -2.25. The van der Waals surface area contributed by atoms with Crippen molar-refractivity contribution in [3.05, 3.63) is 95.6 Å². The zero-order chi connectivity index (χ0) is 25.6. The Morgan fingerprint density at radius 3 is 2.17 bits per heavy atom. The number of fused-ring (bicyclic) bond motifs is 1. The molecule has 11 heteroatoms. The van der Waals surface area contributed by atoms with Crippen LogP contribution in [-0.4, -0.2) is 15.0 Å². The molecule has 0 fully saturated rings. The number of hydrogen-bond donors (Lipinski definition) is 0. The molecule has 0 aliphatic carbocycles. The minimum Gasteiger partial charge on any atom is -0.426 e. The van der Waals surface area contributed by atoms with Crippen molar-refractivity contribution >= 4 is 21.6 Å². The van der Waals surface area contributed by atoms with E-state index >= 15 is 0 Å². The number of aromatic nitrogens is 3. The van der Waals surface area contributed by atoms with Crippen LogP contribution < -0.4 is 4.74 Å². The summed E-state index contributed by atoms with van der Waals surface area (Å²) in [6, 6.07) is 10.7. The second-order valence-electron chi connectivity index (χ2n) is 7.80. The van der Waals surface area contributed by atoms with Gasteiger partial charge >= 0.3 is 6.11 Å². The largest absolute Gasteiger partial charge is 0.462 e. The first-order chi connectivity index (χ1) is 17.1. The molecule has 0 N–H and O–H groups in total. The Morgan fingerprint density at radius 1 is 0.806 bits per heavy atom. The third-order valence-electron chi connectivity index (χ3n) is 5.19. The maximum atomic E-state index is 14.9. The molecule has 36 heavy (non-hydrogen) atoms. The van der Waals surface area contributed by atoms with E-state index in [1.165, 1.54) is 23.5 Å². The smallest absolute Gasteiger partial charge is 0.426 e. The van der Waals surface area contributed by atoms with Gasteiger partial charge in [-0.15, -0.1) is 11.3 Å². The third-order valence-corrected chi connectivity index (χ3v) is 6.25. The van der Waals surface area contributed by atoms with Gasteiger partial charge in [0.25, 0.3) is 0 Å². The van der Waals surface area contributed by atoms with Gasteiger partial charge < -0.3 is 4.74 Å². The number of ether oxygens (including phenoxy) is 1. The van der Waals surface area contributed by atoms with Crippen LogP contribution in [0.4, 0.5) is 26.3 Å². The van der Waals surface area contributed by atoms with Crippen LogP contribution in [0, 0.1) is 30.2 Å². The Bertz CT molecular complexity index is 1580. The zero-order valence-corrected chi connectivity index (χ0v) is 19.0. The highest BCUT2D eigenvalue weighted by Gasteiger charge is 2.39. The molecule has 0 saturated heterocycles. The quantitative estimate of drug-likeness (QED) is 0.180. The van der Waals surface area contributed by atoms with Crippen LogP contribution in [0.25, 0.3) is 31.9 Å². The fourth-order valence-corrected chi connectivity index (χ4v) is 4.50. The highest BCUT2D eigenvalue weighted by Crippen LogP contribution is 2.34. The van der Waals surface area contributed by atoms with Crippen molar-refractivity contribution in [1.82, 2.24) is 15.0 Å². The van der Waals surface area contributed by atoms with Gasteiger partial charge in [-0.2, -0.15) is 8.78 Å². The summed E-state index contributed by atoms with van der Waals surface area (Å²) in [5.74, 6) is -7.96. The maximum absolute atomic E-state index is 14.9. The molecule has 0 unspecified atom stereocenters. The molecular formula is C25H13F6N3OS. The average molecular weight is 517 g/mol. The number of thiazole rings is 1. The van der Waals surface area contributed by atoms with Crippen molar-refractivity contribution in [3.8, 4) is 27.4 Å². The number of rotatable bonds is 5. The van der Waals surface area contributed by atoms with Crippen LogP contribution in [0.3, 0.4) is 0 Å². The Labute approximate surface area is 203 Å². The number of benzene rings is 3. The summed E-state index contributed by atoms with van der Waals surface area (Å²) in [5.41, 5.74) is 2.59. The summed E-state index contributed by atoms with van der Waals surface area (Å²) >= 11 is 1.42. The Balaban J connectivity index is 1.39. The van der Waals surface area contributed by atoms with Crippen molar-refractivity contribution in [3.63, 3.8) is 0 Å². The molecule has 0 radical (unpaired) electrons. The van der Waals surface area contributed by atoms with Crippen LogP contribution in [-0.2, 0) is 6.11 Å². The van der Waals surface area contributed by atoms with E-state index in [2.05, 4.69) is 19.7 Å². The summed E-state index contributed by atoms with van der Waals surface area (Å²) in [6.45, 7) is 1.96. The Morgan fingerprint density at radius 2 is 1.50 bits per heavy atom. The molecule has 3 aromatic carbocycles. The number of nitrogens with zero attached hydrogens (tertiary/aromatic N) is 3. The van der Waals surface area contributed by atoms with E-state index in [0.29, 0.717) is 10.6 Å². The molecule has 4 nitrogen and oxygen atoms in total. The molecule has 0 amide bonds. The SMILES string of the molecule is Cc1ccc2nc(-c3ccc(-c4cnc(C(F)(F)Oc5cc(F)c(F)c(F)c5)nc4)c(F)c3)sc2c1. The van der Waals surface area contributed by atoms with Crippen molar-refractivity contribution in [2.75, 3.05) is 0 Å². The van der Waals surface area contributed by atoms with Gasteiger partial charge in [-0.1, -0.05) is 18.2 Å². The molecule has 0 spiro atoms. The van der Waals surface area contributed by atoms with Gasteiger partial charge in [0, 0.05) is 41.2 Å². The van der Waals surface area contributed by atoms with Gasteiger partial charge in [0.2, 0.25) is 5.82 Å². The Hall–Kier alpha value is -3.99. The molecule has 2 heterocycles. The predicted molar refractivity (Wildman–Crippen MR) is 122 cm³/mol. The molecule has 0 aliphatic heterocycles. The molecule has 0 aliphatic rings. The Kier molecular flexibility index (Phi) is 5.87. The van der Waals surface area contributed by atoms with Crippen molar-refractivity contribution < 1.29 is 31.1 Å². The highest BCUT2D eigenvalue weighted by molar-refractivity contribution is 7.21. The molecule has 2 aromatic heterocycles. The number of aryl methyl sites for hydroxylation is 1. The number of hydrogen-bond acceptors (Lipinski definition) is 5. The lowest BCUT2D eigenvalue weighted by atomic mass is 10.1. The molecule has 182 valence electrons. The standard InChI is InChI=1S/C25H13F6N3OS/c1-12-2-5-20-21(6-12)36-23(34-20)13-3-4-16(17(26)7-13)14-10-32-24(33-11-14)25(30,31)35-15-8-18(27)22(29)19(28)9-15/h2-11H,1H3. The van der Waals surface area contributed by atoms with E-state index in [1.54, 1.807) is 6.07 Å². The van der Waals surface area contributed by atoms with Crippen molar-refractivity contribution in [2.24, 2.45) is 0 Å². The molecule has 5 aromatic rings. The minimum absolute atomic E-state index is 0.0640. The van der Waals surface area contributed by atoms with Gasteiger partial charge in [-0.3, -0.25) is 0 Å². The third kappa shape index (κ3) is 4.49. The highest BCUT2D eigenvalue weighted by atomic mass is 32.1. The molecular weight excluding hydrogens is 504 g/mol. The first-order valence-corrected chi connectivity index (χ1v) is 11.1. The van der Waals surface area contributed by atoms with Crippen LogP contribution in [0.5, 0.6) is 5.75 Å². The van der Waals surface area contributed by atoms with Gasteiger partial charge in [-0.25, -0.2) is 32.5 Å². The first-order valence-electron chi connectivity index (χ1n) is 10.3. The topological polar surface area (TPSA) is 47.9 Å². The van der Waals surface area contributed by atoms with Gasteiger partial charge in [0.1, 0.15) is 16.6 Å². The fourth-order valence-electron chi connectivity index (χ4n) is 3.44. The monoisotopic (exact) mass is 517 g/mol. The first kappa shape index (κ1) is 23.7. The van der Waals surface area contributed by atoms with E-state index < -0.39 is 41.0 Å². The number of halogens is 6. The maximum Gasteiger partial charge on any atom is 0.462 e. The summed E-state index contributed by atoms with van der Waals surface area (Å²) in [5, 5.41) is 0.623. The lowest BCUT2D eigenvalue weighted by Gasteiger charge is -2.17. The fraction of sp³-hybridized carbons (Fsp3) is 0.0800. The molecule has 0 atom stereocenters. The van der Waals surface area contributed by atoms with Gasteiger partial charge in [-0.05, 0) is 30.7 Å². The van der Waals surface area contributed by atoms with Gasteiger partial charge in [0.05, 0.1) is 10.2 Å². The summed E-state index contributed by atoms with van der Waals surface area (Å²) < 4.78 is 88.6. The summed E-state index contributed by atoms with van der Waals surface area (Å²) in [6.07, 6.45) is -2.28. The lowest BCUT2D eigenvalue weighted by molar-refractivity contribution is -0.192. The summed E-state index contributed by atoms with van der Waals surface area (Å²) in [7, 11) is 0. The van der Waals surface area contributed by atoms with Crippen LogP contribution in [0.1, 0.15) is 11.4 Å². The number of alkyl halides is 2. The zero-order valence-electron chi connectivity index (χ0n) is 18.2. The van der Waals surface area contributed by atoms with Crippen molar-refractivity contribution in [2.45, 2.75) is 13.0 Å². The average Bonchev–Trinajstić information content (AvgIpc) is 3.25. The van der Waals surface area contributed by atoms with Gasteiger partial charge in [0.15, 0.2) is 17.5 Å². The minimum atomic E-state index is -4.21. The second kappa shape index (κ2) is 8.90. The molecule has 5 rings (SSSR count). The molecule has 0 saturated carbocycles. The van der Waals surface area contributed by atoms with Crippen LogP contribution in [0.2, 0.25) is 0 Å². The normalized spacial score (nSPS) is 11.8. The van der Waals surface area contributed by atoms with Crippen LogP contribution >= 0.6 is 11.3 Å². The van der Waals surface area contributed by atoms with E-state index in [0.717, 1.165) is 28.2 Å². The molecule has 0 bridgehead atoms.